The average molecular weight is 419 g/mol. The molecule has 1 fully saturated rings. The van der Waals surface area contributed by atoms with Crippen molar-refractivity contribution in [3.63, 3.8) is 0 Å². The van der Waals surface area contributed by atoms with E-state index in [2.05, 4.69) is 22.9 Å². The lowest BCUT2D eigenvalue weighted by Gasteiger charge is -2.29. The van der Waals surface area contributed by atoms with Crippen LogP contribution in [0.4, 0.5) is 4.79 Å². The van der Waals surface area contributed by atoms with Crippen molar-refractivity contribution in [1.29, 1.82) is 0 Å². The molecule has 162 valence electrons. The maximum Gasteiger partial charge on any atom is 0.325 e. The van der Waals surface area contributed by atoms with Crippen LogP contribution in [0.15, 0.2) is 18.2 Å². The molecule has 10 heteroatoms. The van der Waals surface area contributed by atoms with E-state index in [1.165, 1.54) is 12.1 Å². The number of urea groups is 1. The number of carbonyl (C=O) groups excluding carboxylic acids is 4. The minimum Gasteiger partial charge on any atom is -0.454 e. The Morgan fingerprint density at radius 1 is 1.10 bits per heavy atom. The van der Waals surface area contributed by atoms with E-state index in [0.29, 0.717) is 23.0 Å². The summed E-state index contributed by atoms with van der Waals surface area (Å²) in [5, 5.41) is 7.31. The van der Waals surface area contributed by atoms with Gasteiger partial charge in [0.2, 0.25) is 6.79 Å². The van der Waals surface area contributed by atoms with Crippen LogP contribution in [-0.4, -0.2) is 49.8 Å². The van der Waals surface area contributed by atoms with Crippen LogP contribution in [0.5, 0.6) is 11.5 Å². The topological polar surface area (TPSA) is 132 Å². The average Bonchev–Trinajstić information content (AvgIpc) is 3.20. The van der Waals surface area contributed by atoms with Crippen LogP contribution in [0.3, 0.4) is 0 Å². The predicted molar refractivity (Wildman–Crippen MR) is 104 cm³/mol. The fourth-order valence-electron chi connectivity index (χ4n) is 3.39. The monoisotopic (exact) mass is 419 g/mol. The van der Waals surface area contributed by atoms with Crippen molar-refractivity contribution in [2.75, 3.05) is 19.9 Å². The third-order valence-corrected chi connectivity index (χ3v) is 5.07. The lowest BCUT2D eigenvalue weighted by atomic mass is 9.86. The molecule has 3 N–H and O–H groups in total. The SMILES string of the molecule is C[C@@H]1CCCC[C@H]1NC(=O)NC(=O)COC(=O)CNC(=O)c1ccc2c(c1)OCO2. The summed E-state index contributed by atoms with van der Waals surface area (Å²) in [6.45, 7) is 1.11. The van der Waals surface area contributed by atoms with Crippen LogP contribution in [0.1, 0.15) is 43.0 Å². The third kappa shape index (κ3) is 5.85. The molecule has 10 nitrogen and oxygen atoms in total. The molecule has 1 aromatic rings. The Bertz CT molecular complexity index is 827. The Kier molecular flexibility index (Phi) is 7.10. The smallest absolute Gasteiger partial charge is 0.325 e. The molecule has 2 aliphatic rings. The van der Waals surface area contributed by atoms with E-state index >= 15 is 0 Å². The summed E-state index contributed by atoms with van der Waals surface area (Å²) in [5.41, 5.74) is 0.290. The Balaban J connectivity index is 1.34. The van der Waals surface area contributed by atoms with Crippen molar-refractivity contribution in [1.82, 2.24) is 16.0 Å². The van der Waals surface area contributed by atoms with E-state index in [1.807, 2.05) is 0 Å². The van der Waals surface area contributed by atoms with Crippen molar-refractivity contribution in [3.8, 4) is 11.5 Å². The summed E-state index contributed by atoms with van der Waals surface area (Å²) in [6.07, 6.45) is 4.09. The van der Waals surface area contributed by atoms with Gasteiger partial charge in [-0.25, -0.2) is 4.79 Å². The molecule has 2 atom stereocenters. The van der Waals surface area contributed by atoms with Gasteiger partial charge in [0.15, 0.2) is 18.1 Å². The minimum atomic E-state index is -0.805. The van der Waals surface area contributed by atoms with Crippen LogP contribution >= 0.6 is 0 Å². The summed E-state index contributed by atoms with van der Waals surface area (Å²) in [4.78, 5) is 47.5. The highest BCUT2D eigenvalue weighted by molar-refractivity contribution is 5.97. The molecule has 0 spiro atoms. The maximum absolute atomic E-state index is 12.1. The highest BCUT2D eigenvalue weighted by Gasteiger charge is 2.23. The molecular weight excluding hydrogens is 394 g/mol. The van der Waals surface area contributed by atoms with E-state index in [4.69, 9.17) is 14.2 Å². The Labute approximate surface area is 173 Å². The Morgan fingerprint density at radius 3 is 2.67 bits per heavy atom. The van der Waals surface area contributed by atoms with Gasteiger partial charge in [-0.1, -0.05) is 19.8 Å². The summed E-state index contributed by atoms with van der Waals surface area (Å²) in [5.74, 6) is -0.713. The fraction of sp³-hybridized carbons (Fsp3) is 0.500. The zero-order valence-corrected chi connectivity index (χ0v) is 16.7. The van der Waals surface area contributed by atoms with Crippen LogP contribution < -0.4 is 25.4 Å². The normalized spacial score (nSPS) is 19.5. The second kappa shape index (κ2) is 9.95. The minimum absolute atomic E-state index is 0.0282. The summed E-state index contributed by atoms with van der Waals surface area (Å²) >= 11 is 0. The standard InChI is InChI=1S/C20H25N3O7/c1-12-4-2-3-5-14(12)22-20(27)23-17(24)10-28-18(25)9-21-19(26)13-6-7-15-16(8-13)30-11-29-15/h6-8,12,14H,2-5,9-11H2,1H3,(H,21,26)(H2,22,23,24,27)/t12-,14-/m1/s1. The number of amides is 4. The zero-order valence-electron chi connectivity index (χ0n) is 16.7. The van der Waals surface area contributed by atoms with Crippen molar-refractivity contribution in [2.24, 2.45) is 5.92 Å². The van der Waals surface area contributed by atoms with Crippen LogP contribution in [0.2, 0.25) is 0 Å². The molecule has 4 amide bonds. The molecule has 0 aromatic heterocycles. The van der Waals surface area contributed by atoms with Gasteiger partial charge in [-0.3, -0.25) is 19.7 Å². The van der Waals surface area contributed by atoms with Gasteiger partial charge < -0.3 is 24.8 Å². The molecule has 0 unspecified atom stereocenters. The number of imide groups is 1. The van der Waals surface area contributed by atoms with Crippen molar-refractivity contribution in [3.05, 3.63) is 23.8 Å². The highest BCUT2D eigenvalue weighted by Crippen LogP contribution is 2.32. The van der Waals surface area contributed by atoms with E-state index in [0.717, 1.165) is 25.7 Å². The first-order valence-corrected chi connectivity index (χ1v) is 9.86. The molecule has 0 saturated heterocycles. The number of benzene rings is 1. The molecule has 1 saturated carbocycles. The van der Waals surface area contributed by atoms with Crippen molar-refractivity contribution >= 4 is 23.8 Å². The molecule has 30 heavy (non-hydrogen) atoms. The molecule has 1 aliphatic heterocycles. The highest BCUT2D eigenvalue weighted by atomic mass is 16.7. The molecule has 1 aromatic carbocycles. The molecule has 0 radical (unpaired) electrons. The van der Waals surface area contributed by atoms with E-state index in [1.54, 1.807) is 6.07 Å². The first-order valence-electron chi connectivity index (χ1n) is 9.86. The van der Waals surface area contributed by atoms with Gasteiger partial charge in [0.25, 0.3) is 11.8 Å². The Hall–Kier alpha value is -3.30. The third-order valence-electron chi connectivity index (χ3n) is 5.07. The van der Waals surface area contributed by atoms with Gasteiger partial charge in [-0.05, 0) is 37.0 Å². The van der Waals surface area contributed by atoms with E-state index in [-0.39, 0.29) is 12.8 Å². The van der Waals surface area contributed by atoms with Gasteiger partial charge in [-0.15, -0.1) is 0 Å². The fourth-order valence-corrected chi connectivity index (χ4v) is 3.39. The second-order valence-electron chi connectivity index (χ2n) is 7.30. The molecule has 1 aliphatic carbocycles. The number of nitrogens with one attached hydrogen (secondary N) is 3. The number of hydrogen-bond acceptors (Lipinski definition) is 7. The number of hydrogen-bond donors (Lipinski definition) is 3. The molecule has 1 heterocycles. The number of carbonyl (C=O) groups is 4. The van der Waals surface area contributed by atoms with Gasteiger partial charge in [-0.2, -0.15) is 0 Å². The van der Waals surface area contributed by atoms with Crippen molar-refractivity contribution in [2.45, 2.75) is 38.6 Å². The van der Waals surface area contributed by atoms with Crippen LogP contribution in [0, 0.1) is 5.92 Å². The van der Waals surface area contributed by atoms with Gasteiger partial charge in [0.1, 0.15) is 6.54 Å². The summed E-state index contributed by atoms with van der Waals surface area (Å²) < 4.78 is 15.1. The largest absolute Gasteiger partial charge is 0.454 e. The molecule has 0 bridgehead atoms. The van der Waals surface area contributed by atoms with Crippen LogP contribution in [0.25, 0.3) is 0 Å². The second-order valence-corrected chi connectivity index (χ2v) is 7.30. The summed E-state index contributed by atoms with van der Waals surface area (Å²) in [6, 6.07) is 4.06. The van der Waals surface area contributed by atoms with Gasteiger partial charge in [0, 0.05) is 11.6 Å². The quantitative estimate of drug-likeness (QED) is 0.588. The molecule has 3 rings (SSSR count). The Morgan fingerprint density at radius 2 is 1.87 bits per heavy atom. The van der Waals surface area contributed by atoms with Crippen LogP contribution in [-0.2, 0) is 14.3 Å². The lowest BCUT2D eigenvalue weighted by molar-refractivity contribution is -0.147. The zero-order chi connectivity index (χ0) is 21.5. The van der Waals surface area contributed by atoms with Gasteiger partial charge in [0.05, 0.1) is 0 Å². The predicted octanol–water partition coefficient (Wildman–Crippen LogP) is 1.09. The maximum atomic E-state index is 12.1. The summed E-state index contributed by atoms with van der Waals surface area (Å²) in [7, 11) is 0. The number of rotatable bonds is 6. The molecular formula is C20H25N3O7. The first-order chi connectivity index (χ1) is 14.4. The first kappa shape index (κ1) is 21.4. The van der Waals surface area contributed by atoms with E-state index in [9.17, 15) is 19.2 Å². The van der Waals surface area contributed by atoms with Crippen molar-refractivity contribution < 1.29 is 33.4 Å². The van der Waals surface area contributed by atoms with E-state index < -0.39 is 37.0 Å². The number of ether oxygens (including phenoxy) is 3. The lowest BCUT2D eigenvalue weighted by Crippen LogP contribution is -2.48. The number of esters is 1. The number of fused-ring (bicyclic) bond motifs is 1. The van der Waals surface area contributed by atoms with Gasteiger partial charge >= 0.3 is 12.0 Å².